The second-order valence-electron chi connectivity index (χ2n) is 17.0. The van der Waals surface area contributed by atoms with Gasteiger partial charge in [0.2, 0.25) is 35.4 Å². The molecular weight excluding hydrogens is 879 g/mol. The number of aromatic nitrogens is 2. The molecule has 68 heavy (non-hydrogen) atoms. The Hall–Kier alpha value is -6.91. The van der Waals surface area contributed by atoms with Crippen molar-refractivity contribution in [2.75, 3.05) is 13.1 Å². The predicted molar refractivity (Wildman–Crippen MR) is 254 cm³/mol. The maximum Gasteiger partial charge on any atom is 0.326 e. The third-order valence-electron chi connectivity index (χ3n) is 10.7. The molecule has 6 amide bonds. The normalized spacial score (nSPS) is 14.6. The number of nitrogens with zero attached hydrogens (tertiary/aromatic N) is 2. The number of unbranched alkanes of at least 4 members (excludes halogenated alkanes) is 1. The molecule has 0 aliphatic carbocycles. The van der Waals surface area contributed by atoms with Gasteiger partial charge in [0.1, 0.15) is 36.3 Å². The fourth-order valence-corrected chi connectivity index (χ4v) is 7.09. The number of nitrogens with one attached hydrogen (secondary N) is 7. The molecule has 1 aromatic heterocycles. The Bertz CT molecular complexity index is 2090. The number of rotatable bonds is 30. The van der Waals surface area contributed by atoms with Crippen LogP contribution in [0.2, 0.25) is 0 Å². The van der Waals surface area contributed by atoms with E-state index < -0.39 is 89.8 Å². The predicted octanol–water partition coefficient (Wildman–Crippen LogP) is -1.63. The number of hydrogen-bond acceptors (Lipinski definition) is 12. The lowest BCUT2D eigenvalue weighted by molar-refractivity contribution is -0.142. The van der Waals surface area contributed by atoms with Crippen molar-refractivity contribution < 1.29 is 43.8 Å². The number of aliphatic imine (C=N–C) groups is 1. The summed E-state index contributed by atoms with van der Waals surface area (Å²) in [5, 5.41) is 36.5. The second kappa shape index (κ2) is 29.0. The molecule has 0 radical (unpaired) electrons. The van der Waals surface area contributed by atoms with E-state index in [1.54, 1.807) is 74.5 Å². The van der Waals surface area contributed by atoms with Crippen molar-refractivity contribution in [1.82, 2.24) is 41.9 Å². The Morgan fingerprint density at radius 3 is 1.66 bits per heavy atom. The zero-order valence-electron chi connectivity index (χ0n) is 38.9. The van der Waals surface area contributed by atoms with Crippen molar-refractivity contribution in [1.29, 1.82) is 0 Å². The SMILES string of the molecule is CC(C)C[C@H](NC(=O)[C@@H](NC(=O)[C@H](Cc1ccccc1)NC(=O)[C@@H](N)Cc1cnc[nH]1)[C@@H](C)O)C(=O)N[C@@H](CCCCN)C(=O)N[C@@H](Cc1ccccc1)C(=O)N[C@@H](CCCN=C(N)N)C(=O)O. The number of guanidine groups is 1. The molecule has 2 aromatic carbocycles. The average molecular weight is 948 g/mol. The molecule has 3 rings (SSSR count). The minimum Gasteiger partial charge on any atom is -0.480 e. The third-order valence-corrected chi connectivity index (χ3v) is 10.7. The summed E-state index contributed by atoms with van der Waals surface area (Å²) in [7, 11) is 0. The van der Waals surface area contributed by atoms with E-state index in [2.05, 4.69) is 46.9 Å². The first-order chi connectivity index (χ1) is 32.4. The van der Waals surface area contributed by atoms with E-state index in [1.165, 1.54) is 19.4 Å². The van der Waals surface area contributed by atoms with E-state index in [9.17, 15) is 43.8 Å². The summed E-state index contributed by atoms with van der Waals surface area (Å²) in [6.45, 7) is 5.29. The number of aliphatic hydroxyl groups excluding tert-OH is 1. The molecule has 17 N–H and O–H groups in total. The van der Waals surface area contributed by atoms with Crippen molar-refractivity contribution in [3.63, 3.8) is 0 Å². The number of aromatic amines is 1. The quantitative estimate of drug-likeness (QED) is 0.0203. The minimum absolute atomic E-state index is 0.00400. The zero-order chi connectivity index (χ0) is 50.2. The molecule has 0 saturated carbocycles. The number of carbonyl (C=O) groups is 7. The second-order valence-corrected chi connectivity index (χ2v) is 17.0. The van der Waals surface area contributed by atoms with E-state index >= 15 is 0 Å². The number of carboxylic acids is 1. The summed E-state index contributed by atoms with van der Waals surface area (Å²) in [6.07, 6.45) is 2.76. The van der Waals surface area contributed by atoms with E-state index in [0.717, 1.165) is 0 Å². The number of H-pyrrole nitrogens is 1. The highest BCUT2D eigenvalue weighted by Gasteiger charge is 2.35. The summed E-state index contributed by atoms with van der Waals surface area (Å²) in [5.74, 6) is -6.37. The maximum atomic E-state index is 14.2. The molecule has 0 spiro atoms. The fourth-order valence-electron chi connectivity index (χ4n) is 7.09. The van der Waals surface area contributed by atoms with Crippen LogP contribution in [0, 0.1) is 5.92 Å². The molecule has 0 aliphatic heterocycles. The molecular formula is C46H69N13O9. The van der Waals surface area contributed by atoms with Crippen LogP contribution in [0.15, 0.2) is 78.2 Å². The summed E-state index contributed by atoms with van der Waals surface area (Å²) in [6, 6.07) is 8.43. The van der Waals surface area contributed by atoms with Gasteiger partial charge in [0.25, 0.3) is 0 Å². The van der Waals surface area contributed by atoms with Crippen LogP contribution >= 0.6 is 0 Å². The monoisotopic (exact) mass is 948 g/mol. The first kappa shape index (κ1) is 55.4. The lowest BCUT2D eigenvalue weighted by Gasteiger charge is -2.29. The number of hydrogen-bond donors (Lipinski definition) is 13. The highest BCUT2D eigenvalue weighted by Crippen LogP contribution is 2.12. The van der Waals surface area contributed by atoms with E-state index in [0.29, 0.717) is 29.7 Å². The van der Waals surface area contributed by atoms with Gasteiger partial charge in [-0.15, -0.1) is 0 Å². The Morgan fingerprint density at radius 2 is 1.15 bits per heavy atom. The number of amides is 6. The highest BCUT2D eigenvalue weighted by molar-refractivity contribution is 5.97. The first-order valence-electron chi connectivity index (χ1n) is 22.7. The van der Waals surface area contributed by atoms with Gasteiger partial charge in [-0.2, -0.15) is 0 Å². The van der Waals surface area contributed by atoms with Crippen molar-refractivity contribution in [3.8, 4) is 0 Å². The topological polar surface area (TPSA) is 377 Å². The van der Waals surface area contributed by atoms with Gasteiger partial charge in [0.15, 0.2) is 5.96 Å². The van der Waals surface area contributed by atoms with E-state index in [1.807, 2.05) is 0 Å². The van der Waals surface area contributed by atoms with Crippen LogP contribution in [0.5, 0.6) is 0 Å². The zero-order valence-corrected chi connectivity index (χ0v) is 38.9. The number of aliphatic hydroxyl groups is 1. The molecule has 0 fully saturated rings. The molecule has 22 heteroatoms. The largest absolute Gasteiger partial charge is 0.480 e. The fraction of sp³-hybridized carbons (Fsp3) is 0.500. The molecule has 1 heterocycles. The van der Waals surface area contributed by atoms with Gasteiger partial charge in [-0.1, -0.05) is 74.5 Å². The van der Waals surface area contributed by atoms with Crippen LogP contribution in [-0.2, 0) is 52.8 Å². The van der Waals surface area contributed by atoms with Crippen LogP contribution in [0.1, 0.15) is 76.1 Å². The molecule has 372 valence electrons. The first-order valence-corrected chi connectivity index (χ1v) is 22.7. The highest BCUT2D eigenvalue weighted by atomic mass is 16.4. The number of aliphatic carboxylic acids is 1. The van der Waals surface area contributed by atoms with E-state index in [-0.39, 0.29) is 69.9 Å². The van der Waals surface area contributed by atoms with Gasteiger partial charge in [0.05, 0.1) is 18.5 Å². The van der Waals surface area contributed by atoms with Crippen molar-refractivity contribution in [2.24, 2.45) is 33.8 Å². The molecule has 0 unspecified atom stereocenters. The molecule has 0 bridgehead atoms. The molecule has 0 saturated heterocycles. The molecule has 8 atom stereocenters. The van der Waals surface area contributed by atoms with Crippen molar-refractivity contribution >= 4 is 47.4 Å². The lowest BCUT2D eigenvalue weighted by atomic mass is 10.00. The lowest BCUT2D eigenvalue weighted by Crippen LogP contribution is -2.62. The van der Waals surface area contributed by atoms with Crippen molar-refractivity contribution in [3.05, 3.63) is 90.0 Å². The van der Waals surface area contributed by atoms with Crippen molar-refractivity contribution in [2.45, 2.75) is 127 Å². The summed E-state index contributed by atoms with van der Waals surface area (Å²) in [4.78, 5) is 106. The molecule has 22 nitrogen and oxygen atoms in total. The number of nitrogens with two attached hydrogens (primary N) is 4. The standard InChI is InChI=1S/C46H69N13O9/c1-27(2)21-35(58-44(66)38(28(3)60)59-43(65)37(23-30-15-8-5-9-16-30)56-39(61)32(48)24-31-25-51-26-53-31)41(63)54-33(17-10-11-19-47)40(62)57-36(22-29-13-6-4-7-14-29)42(64)55-34(45(67)68)18-12-20-52-46(49)50/h4-9,13-16,25-28,32-38,60H,10-12,17-24,47-48H2,1-3H3,(H,51,53)(H,54,63)(H,55,64)(H,56,61)(H,57,62)(H,58,66)(H,59,65)(H,67,68)(H4,49,50,52)/t28-,32+,33+,34+,35+,36+,37+,38+/m1/s1. The minimum atomic E-state index is -1.61. The molecule has 0 aliphatic rings. The Morgan fingerprint density at radius 1 is 0.647 bits per heavy atom. The number of carbonyl (C=O) groups excluding carboxylic acids is 6. The summed E-state index contributed by atoms with van der Waals surface area (Å²) < 4.78 is 0. The van der Waals surface area contributed by atoms with Crippen LogP contribution < -0.4 is 54.8 Å². The van der Waals surface area contributed by atoms with Crippen LogP contribution in [0.3, 0.4) is 0 Å². The van der Waals surface area contributed by atoms with Crippen LogP contribution in [0.4, 0.5) is 0 Å². The Labute approximate surface area is 396 Å². The summed E-state index contributed by atoms with van der Waals surface area (Å²) in [5.41, 5.74) is 24.6. The van der Waals surface area contributed by atoms with Gasteiger partial charge in [-0.25, -0.2) is 9.78 Å². The van der Waals surface area contributed by atoms with Gasteiger partial charge in [0, 0.05) is 37.7 Å². The maximum absolute atomic E-state index is 14.2. The third kappa shape index (κ3) is 19.9. The molecule has 3 aromatic rings. The Kier molecular flexibility index (Phi) is 23.6. The number of imidazole rings is 1. The van der Waals surface area contributed by atoms with E-state index in [4.69, 9.17) is 22.9 Å². The van der Waals surface area contributed by atoms with Gasteiger partial charge < -0.3 is 70.0 Å². The number of benzene rings is 2. The van der Waals surface area contributed by atoms with Crippen LogP contribution in [0.25, 0.3) is 0 Å². The van der Waals surface area contributed by atoms with Gasteiger partial charge >= 0.3 is 5.97 Å². The smallest absolute Gasteiger partial charge is 0.326 e. The summed E-state index contributed by atoms with van der Waals surface area (Å²) >= 11 is 0. The van der Waals surface area contributed by atoms with Gasteiger partial charge in [-0.3, -0.25) is 33.8 Å². The Balaban J connectivity index is 1.84. The van der Waals surface area contributed by atoms with Gasteiger partial charge in [-0.05, 0) is 69.0 Å². The average Bonchev–Trinajstić information content (AvgIpc) is 3.81. The number of carboxylic acid groups (broad SMARTS) is 1. The van der Waals surface area contributed by atoms with Crippen LogP contribution in [-0.4, -0.2) is 129 Å².